The maximum absolute atomic E-state index is 12.2. The van der Waals surface area contributed by atoms with E-state index in [0.717, 1.165) is 30.9 Å². The fourth-order valence-corrected chi connectivity index (χ4v) is 3.28. The lowest BCUT2D eigenvalue weighted by Crippen LogP contribution is -2.27. The zero-order valence-electron chi connectivity index (χ0n) is 14.7. The number of rotatable bonds is 10. The highest BCUT2D eigenvalue weighted by atomic mass is 32.2. The summed E-state index contributed by atoms with van der Waals surface area (Å²) in [5.74, 6) is 0.783. The topological polar surface area (TPSA) is 71.5 Å². The minimum absolute atomic E-state index is 0.159. The first kappa shape index (κ1) is 19.4. The van der Waals surface area contributed by atoms with Crippen LogP contribution in [0.25, 0.3) is 0 Å². The highest BCUT2D eigenvalue weighted by Crippen LogP contribution is 2.13. The van der Waals surface area contributed by atoms with Crippen molar-refractivity contribution in [2.24, 2.45) is 0 Å². The number of hydrogen-bond donors (Lipinski definition) is 1. The Hall–Kier alpha value is -1.96. The van der Waals surface area contributed by atoms with Crippen LogP contribution in [0, 0.1) is 0 Å². The highest BCUT2D eigenvalue weighted by Gasteiger charge is 2.13. The zero-order valence-corrected chi connectivity index (χ0v) is 15.5. The standard InChI is InChI=1S/C18H25N3O3S/c1-3-21(4-2)12-13-24-17-9-7-16(8-10-17)14-20-25(22,23)18-6-5-11-19-15-18/h5-11,15,20H,3-4,12-14H2,1-2H3. The third-order valence-corrected chi connectivity index (χ3v) is 5.29. The first-order chi connectivity index (χ1) is 12.0. The van der Waals surface area contributed by atoms with Crippen molar-refractivity contribution in [2.45, 2.75) is 25.3 Å². The number of hydrogen-bond acceptors (Lipinski definition) is 5. The lowest BCUT2D eigenvalue weighted by atomic mass is 10.2. The molecule has 136 valence electrons. The molecule has 1 aromatic heterocycles. The molecule has 0 aliphatic heterocycles. The van der Waals surface area contributed by atoms with Gasteiger partial charge in [0.15, 0.2) is 0 Å². The van der Waals surface area contributed by atoms with Crippen LogP contribution in [-0.2, 0) is 16.6 Å². The van der Waals surface area contributed by atoms with E-state index in [1.165, 1.54) is 18.5 Å². The lowest BCUT2D eigenvalue weighted by Gasteiger charge is -2.18. The Morgan fingerprint density at radius 1 is 1.12 bits per heavy atom. The highest BCUT2D eigenvalue weighted by molar-refractivity contribution is 7.89. The van der Waals surface area contributed by atoms with Gasteiger partial charge in [0.1, 0.15) is 17.3 Å². The van der Waals surface area contributed by atoms with Gasteiger partial charge >= 0.3 is 0 Å². The molecule has 1 N–H and O–H groups in total. The van der Waals surface area contributed by atoms with Gasteiger partial charge in [0.25, 0.3) is 0 Å². The minimum atomic E-state index is -3.55. The monoisotopic (exact) mass is 363 g/mol. The summed E-state index contributed by atoms with van der Waals surface area (Å²) >= 11 is 0. The number of likely N-dealkylation sites (N-methyl/N-ethyl adjacent to an activating group) is 1. The number of benzene rings is 1. The van der Waals surface area contributed by atoms with E-state index in [1.807, 2.05) is 24.3 Å². The first-order valence-electron chi connectivity index (χ1n) is 8.39. The molecule has 0 amide bonds. The van der Waals surface area contributed by atoms with Crippen LogP contribution in [0.5, 0.6) is 5.75 Å². The third-order valence-electron chi connectivity index (χ3n) is 3.91. The molecule has 0 fully saturated rings. The Labute approximate surface area is 149 Å². The lowest BCUT2D eigenvalue weighted by molar-refractivity contribution is 0.223. The first-order valence-corrected chi connectivity index (χ1v) is 9.87. The average molecular weight is 363 g/mol. The Morgan fingerprint density at radius 2 is 1.84 bits per heavy atom. The summed E-state index contributed by atoms with van der Waals surface area (Å²) in [6.45, 7) is 8.02. The number of nitrogens with zero attached hydrogens (tertiary/aromatic N) is 2. The molecular weight excluding hydrogens is 338 g/mol. The maximum Gasteiger partial charge on any atom is 0.242 e. The fraction of sp³-hybridized carbons (Fsp3) is 0.389. The zero-order chi connectivity index (χ0) is 18.1. The number of pyridine rings is 1. The second kappa shape index (κ2) is 9.50. The van der Waals surface area contributed by atoms with Gasteiger partial charge in [-0.05, 0) is 42.9 Å². The second-order valence-corrected chi connectivity index (χ2v) is 7.30. The molecule has 0 aliphatic carbocycles. The van der Waals surface area contributed by atoms with E-state index in [2.05, 4.69) is 28.5 Å². The molecule has 0 bridgehead atoms. The van der Waals surface area contributed by atoms with Crippen LogP contribution in [0.15, 0.2) is 53.7 Å². The summed E-state index contributed by atoms with van der Waals surface area (Å²) in [7, 11) is -3.55. The minimum Gasteiger partial charge on any atom is -0.492 e. The van der Waals surface area contributed by atoms with Crippen LogP contribution in [0.1, 0.15) is 19.4 Å². The molecule has 0 spiro atoms. The van der Waals surface area contributed by atoms with E-state index in [4.69, 9.17) is 4.74 Å². The quantitative estimate of drug-likeness (QED) is 0.701. The van der Waals surface area contributed by atoms with Gasteiger partial charge in [-0.3, -0.25) is 4.98 Å². The van der Waals surface area contributed by atoms with Gasteiger partial charge in [-0.2, -0.15) is 0 Å². The molecule has 0 saturated heterocycles. The average Bonchev–Trinajstić information content (AvgIpc) is 2.65. The van der Waals surface area contributed by atoms with Crippen LogP contribution in [0.4, 0.5) is 0 Å². The Balaban J connectivity index is 1.84. The number of ether oxygens (including phenoxy) is 1. The number of nitrogens with one attached hydrogen (secondary N) is 1. The smallest absolute Gasteiger partial charge is 0.242 e. The molecule has 1 heterocycles. The molecule has 1 aromatic carbocycles. The molecule has 2 aromatic rings. The van der Waals surface area contributed by atoms with Gasteiger partial charge in [-0.25, -0.2) is 13.1 Å². The summed E-state index contributed by atoms with van der Waals surface area (Å²) in [5.41, 5.74) is 0.864. The van der Waals surface area contributed by atoms with E-state index >= 15 is 0 Å². The van der Waals surface area contributed by atoms with Gasteiger partial charge in [-0.15, -0.1) is 0 Å². The van der Waals surface area contributed by atoms with Crippen LogP contribution in [0.2, 0.25) is 0 Å². The molecule has 2 rings (SSSR count). The fourth-order valence-electron chi connectivity index (χ4n) is 2.30. The van der Waals surface area contributed by atoms with Crippen molar-refractivity contribution in [3.05, 3.63) is 54.4 Å². The predicted molar refractivity (Wildman–Crippen MR) is 98.0 cm³/mol. The van der Waals surface area contributed by atoms with E-state index in [1.54, 1.807) is 6.07 Å². The van der Waals surface area contributed by atoms with E-state index < -0.39 is 10.0 Å². The Kier molecular flexibility index (Phi) is 7.36. The van der Waals surface area contributed by atoms with Crippen molar-refractivity contribution >= 4 is 10.0 Å². The van der Waals surface area contributed by atoms with Crippen molar-refractivity contribution in [3.8, 4) is 5.75 Å². The molecule has 0 saturated carbocycles. The predicted octanol–water partition coefficient (Wildman–Crippen LogP) is 2.28. The van der Waals surface area contributed by atoms with Crippen LogP contribution in [0.3, 0.4) is 0 Å². The molecule has 0 unspecified atom stereocenters. The van der Waals surface area contributed by atoms with E-state index in [-0.39, 0.29) is 11.4 Å². The summed E-state index contributed by atoms with van der Waals surface area (Å²) in [6.07, 6.45) is 2.87. The van der Waals surface area contributed by atoms with E-state index in [0.29, 0.717) is 6.61 Å². The SMILES string of the molecule is CCN(CC)CCOc1ccc(CNS(=O)(=O)c2cccnc2)cc1. The van der Waals surface area contributed by atoms with Crippen LogP contribution >= 0.6 is 0 Å². The van der Waals surface area contributed by atoms with Crippen molar-refractivity contribution in [3.63, 3.8) is 0 Å². The third kappa shape index (κ3) is 6.12. The van der Waals surface area contributed by atoms with Gasteiger partial charge in [-0.1, -0.05) is 26.0 Å². The molecule has 0 radical (unpaired) electrons. The normalized spacial score (nSPS) is 11.6. The summed E-state index contributed by atoms with van der Waals surface area (Å²) in [6, 6.07) is 10.5. The molecule has 0 atom stereocenters. The van der Waals surface area contributed by atoms with Crippen molar-refractivity contribution < 1.29 is 13.2 Å². The second-order valence-electron chi connectivity index (χ2n) is 5.53. The van der Waals surface area contributed by atoms with Crippen molar-refractivity contribution in [1.82, 2.24) is 14.6 Å². The Morgan fingerprint density at radius 3 is 2.44 bits per heavy atom. The molecular formula is C18H25N3O3S. The number of aromatic nitrogens is 1. The van der Waals surface area contributed by atoms with Crippen LogP contribution in [-0.4, -0.2) is 44.5 Å². The van der Waals surface area contributed by atoms with Gasteiger partial charge < -0.3 is 9.64 Å². The van der Waals surface area contributed by atoms with Gasteiger partial charge in [0, 0.05) is 25.5 Å². The number of sulfonamides is 1. The summed E-state index contributed by atoms with van der Waals surface area (Å²) in [4.78, 5) is 6.28. The van der Waals surface area contributed by atoms with Crippen LogP contribution < -0.4 is 9.46 Å². The summed E-state index contributed by atoms with van der Waals surface area (Å²) < 4.78 is 32.6. The largest absolute Gasteiger partial charge is 0.492 e. The van der Waals surface area contributed by atoms with Crippen molar-refractivity contribution in [1.29, 1.82) is 0 Å². The van der Waals surface area contributed by atoms with Crippen molar-refractivity contribution in [2.75, 3.05) is 26.2 Å². The summed E-state index contributed by atoms with van der Waals surface area (Å²) in [5, 5.41) is 0. The molecule has 25 heavy (non-hydrogen) atoms. The van der Waals surface area contributed by atoms with Gasteiger partial charge in [0.2, 0.25) is 10.0 Å². The maximum atomic E-state index is 12.2. The molecule has 7 heteroatoms. The molecule has 6 nitrogen and oxygen atoms in total. The van der Waals surface area contributed by atoms with E-state index in [9.17, 15) is 8.42 Å². The Bertz CT molecular complexity index is 730. The van der Waals surface area contributed by atoms with Gasteiger partial charge in [0.05, 0.1) is 0 Å². The molecule has 0 aliphatic rings.